The van der Waals surface area contributed by atoms with Crippen LogP contribution in [0.3, 0.4) is 0 Å². The van der Waals surface area contributed by atoms with Gasteiger partial charge in [0.15, 0.2) is 9.84 Å². The van der Waals surface area contributed by atoms with Crippen molar-refractivity contribution < 1.29 is 18.0 Å². The zero-order valence-electron chi connectivity index (χ0n) is 17.6. The molecule has 1 unspecified atom stereocenters. The van der Waals surface area contributed by atoms with Gasteiger partial charge in [-0.05, 0) is 43.2 Å². The van der Waals surface area contributed by atoms with Gasteiger partial charge < -0.3 is 15.5 Å². The highest BCUT2D eigenvalue weighted by molar-refractivity contribution is 7.91. The lowest BCUT2D eigenvalue weighted by atomic mass is 9.95. The van der Waals surface area contributed by atoms with Gasteiger partial charge in [0.2, 0.25) is 5.91 Å². The number of primary amides is 1. The summed E-state index contributed by atoms with van der Waals surface area (Å²) in [5.41, 5.74) is 6.04. The van der Waals surface area contributed by atoms with E-state index >= 15 is 0 Å². The van der Waals surface area contributed by atoms with Gasteiger partial charge in [0.05, 0.1) is 28.2 Å². The van der Waals surface area contributed by atoms with Crippen LogP contribution in [0.5, 0.6) is 0 Å². The highest BCUT2D eigenvalue weighted by Gasteiger charge is 2.52. The summed E-state index contributed by atoms with van der Waals surface area (Å²) in [6, 6.07) is 3.49. The van der Waals surface area contributed by atoms with Crippen LogP contribution in [0.4, 0.5) is 5.82 Å². The number of hydrogen-bond donors (Lipinski definition) is 1. The van der Waals surface area contributed by atoms with Crippen molar-refractivity contribution in [1.29, 1.82) is 0 Å². The molecule has 1 atom stereocenters. The first-order valence-corrected chi connectivity index (χ1v) is 12.5. The van der Waals surface area contributed by atoms with Crippen LogP contribution in [0, 0.1) is 11.8 Å². The van der Waals surface area contributed by atoms with E-state index in [9.17, 15) is 18.0 Å². The molecular formula is C21H30N4O4S. The van der Waals surface area contributed by atoms with E-state index in [0.29, 0.717) is 41.8 Å². The summed E-state index contributed by atoms with van der Waals surface area (Å²) >= 11 is 0. The second-order valence-electron chi connectivity index (χ2n) is 9.20. The zero-order chi connectivity index (χ0) is 21.7. The van der Waals surface area contributed by atoms with Crippen LogP contribution in [0.2, 0.25) is 0 Å². The zero-order valence-corrected chi connectivity index (χ0v) is 18.5. The molecule has 0 spiro atoms. The molecule has 3 heterocycles. The molecule has 1 saturated carbocycles. The van der Waals surface area contributed by atoms with E-state index in [0.717, 1.165) is 19.5 Å². The third kappa shape index (κ3) is 3.79. The molecule has 1 aromatic heterocycles. The molecule has 4 rings (SSSR count). The Morgan fingerprint density at radius 3 is 2.37 bits per heavy atom. The lowest BCUT2D eigenvalue weighted by Crippen LogP contribution is -2.44. The van der Waals surface area contributed by atoms with Gasteiger partial charge in [-0.3, -0.25) is 9.59 Å². The number of rotatable bonds is 5. The topological polar surface area (TPSA) is 114 Å². The maximum atomic E-state index is 13.3. The Morgan fingerprint density at radius 1 is 1.17 bits per heavy atom. The van der Waals surface area contributed by atoms with Crippen LogP contribution in [0.1, 0.15) is 49.2 Å². The molecule has 164 valence electrons. The Morgan fingerprint density at radius 2 is 1.83 bits per heavy atom. The van der Waals surface area contributed by atoms with Crippen molar-refractivity contribution in [3.8, 4) is 0 Å². The highest BCUT2D eigenvalue weighted by Crippen LogP contribution is 2.48. The number of nitrogens with two attached hydrogens (primary N) is 1. The Kier molecular flexibility index (Phi) is 5.28. The molecule has 3 aliphatic rings. The summed E-state index contributed by atoms with van der Waals surface area (Å²) in [5, 5.41) is 0. The molecule has 2 amide bonds. The quantitative estimate of drug-likeness (QED) is 0.738. The predicted octanol–water partition coefficient (Wildman–Crippen LogP) is 0.951. The molecule has 2 aliphatic heterocycles. The fourth-order valence-electron chi connectivity index (χ4n) is 4.49. The van der Waals surface area contributed by atoms with E-state index in [1.165, 1.54) is 0 Å². The third-order valence-corrected chi connectivity index (χ3v) is 8.53. The van der Waals surface area contributed by atoms with Crippen molar-refractivity contribution in [2.45, 2.75) is 38.5 Å². The van der Waals surface area contributed by atoms with Crippen LogP contribution in [-0.4, -0.2) is 67.8 Å². The molecule has 1 aromatic rings. The average molecular weight is 435 g/mol. The fourth-order valence-corrected chi connectivity index (χ4v) is 5.69. The molecule has 30 heavy (non-hydrogen) atoms. The van der Waals surface area contributed by atoms with Crippen molar-refractivity contribution in [2.75, 3.05) is 42.6 Å². The molecule has 3 fully saturated rings. The number of nitrogens with zero attached hydrogens (tertiary/aromatic N) is 3. The van der Waals surface area contributed by atoms with E-state index in [1.54, 1.807) is 17.0 Å². The second kappa shape index (κ2) is 7.51. The van der Waals surface area contributed by atoms with Gasteiger partial charge >= 0.3 is 0 Å². The largest absolute Gasteiger partial charge is 0.369 e. The van der Waals surface area contributed by atoms with E-state index in [2.05, 4.69) is 18.7 Å². The standard InChI is InChI=1S/C21H30N4O4S/c1-14(2)15-5-8-25(13-15)18-16(19(26)24-9-11-30(28,29)12-10-24)3-4-17(23-18)21(6-7-21)20(22)27/h3-4,14-15H,5-13H2,1-2H3,(H2,22,27). The highest BCUT2D eigenvalue weighted by atomic mass is 32.2. The summed E-state index contributed by atoms with van der Waals surface area (Å²) < 4.78 is 23.5. The first-order valence-electron chi connectivity index (χ1n) is 10.7. The lowest BCUT2D eigenvalue weighted by molar-refractivity contribution is -0.120. The van der Waals surface area contributed by atoms with Crippen molar-refractivity contribution in [2.24, 2.45) is 17.6 Å². The van der Waals surface area contributed by atoms with E-state index < -0.39 is 15.3 Å². The molecule has 1 aliphatic carbocycles. The number of pyridine rings is 1. The number of hydrogen-bond acceptors (Lipinski definition) is 6. The van der Waals surface area contributed by atoms with Crippen molar-refractivity contribution in [3.63, 3.8) is 0 Å². The first-order chi connectivity index (χ1) is 14.1. The monoisotopic (exact) mass is 434 g/mol. The Hall–Kier alpha value is -2.16. The van der Waals surface area contributed by atoms with Crippen molar-refractivity contribution in [3.05, 3.63) is 23.4 Å². The summed E-state index contributed by atoms with van der Waals surface area (Å²) in [5.74, 6) is 1.06. The minimum Gasteiger partial charge on any atom is -0.369 e. The molecule has 0 bridgehead atoms. The first kappa shape index (κ1) is 21.1. The van der Waals surface area contributed by atoms with Gasteiger partial charge in [-0.1, -0.05) is 13.8 Å². The average Bonchev–Trinajstić information content (AvgIpc) is 3.37. The van der Waals surface area contributed by atoms with Gasteiger partial charge in [0, 0.05) is 26.2 Å². The summed E-state index contributed by atoms with van der Waals surface area (Å²) in [6.07, 6.45) is 2.39. The molecule has 0 aromatic carbocycles. The molecule has 0 radical (unpaired) electrons. The number of sulfone groups is 1. The van der Waals surface area contributed by atoms with Crippen LogP contribution in [0.15, 0.2) is 12.1 Å². The molecule has 2 N–H and O–H groups in total. The van der Waals surface area contributed by atoms with Crippen molar-refractivity contribution in [1.82, 2.24) is 9.88 Å². The maximum Gasteiger partial charge on any atom is 0.257 e. The van der Waals surface area contributed by atoms with Crippen molar-refractivity contribution >= 4 is 27.5 Å². The number of carbonyl (C=O) groups is 2. The number of aromatic nitrogens is 1. The normalized spacial score (nSPS) is 24.8. The van der Waals surface area contributed by atoms with E-state index in [4.69, 9.17) is 10.7 Å². The number of amides is 2. The Bertz CT molecular complexity index is 957. The Labute approximate surface area is 177 Å². The second-order valence-corrected chi connectivity index (χ2v) is 11.5. The maximum absolute atomic E-state index is 13.3. The summed E-state index contributed by atoms with van der Waals surface area (Å²) in [7, 11) is -3.07. The lowest BCUT2D eigenvalue weighted by Gasteiger charge is -2.29. The predicted molar refractivity (Wildman–Crippen MR) is 114 cm³/mol. The van der Waals surface area contributed by atoms with Gasteiger partial charge in [0.25, 0.3) is 5.91 Å². The van der Waals surface area contributed by atoms with Crippen LogP contribution < -0.4 is 10.6 Å². The van der Waals surface area contributed by atoms with Crippen LogP contribution >= 0.6 is 0 Å². The third-order valence-electron chi connectivity index (χ3n) is 6.92. The molecule has 9 heteroatoms. The SMILES string of the molecule is CC(C)C1CCN(c2nc(C3(C(N)=O)CC3)ccc2C(=O)N2CCS(=O)(=O)CC2)C1. The smallest absolute Gasteiger partial charge is 0.257 e. The summed E-state index contributed by atoms with van der Waals surface area (Å²) in [6.45, 7) is 6.41. The van der Waals surface area contributed by atoms with Gasteiger partial charge in [-0.25, -0.2) is 13.4 Å². The molecular weight excluding hydrogens is 404 g/mol. The van der Waals surface area contributed by atoms with E-state index in [1.807, 2.05) is 0 Å². The van der Waals surface area contributed by atoms with Crippen LogP contribution in [-0.2, 0) is 20.0 Å². The number of carbonyl (C=O) groups excluding carboxylic acids is 2. The number of anilines is 1. The van der Waals surface area contributed by atoms with Gasteiger partial charge in [0.1, 0.15) is 5.82 Å². The summed E-state index contributed by atoms with van der Waals surface area (Å²) in [4.78, 5) is 33.8. The minimum atomic E-state index is -3.07. The molecule has 8 nitrogen and oxygen atoms in total. The minimum absolute atomic E-state index is 0.0104. The van der Waals surface area contributed by atoms with Gasteiger partial charge in [-0.2, -0.15) is 0 Å². The van der Waals surface area contributed by atoms with E-state index in [-0.39, 0.29) is 36.4 Å². The van der Waals surface area contributed by atoms with Crippen LogP contribution in [0.25, 0.3) is 0 Å². The molecule has 2 saturated heterocycles. The fraction of sp³-hybridized carbons (Fsp3) is 0.667. The Balaban J connectivity index is 1.67. The van der Waals surface area contributed by atoms with Gasteiger partial charge in [-0.15, -0.1) is 0 Å².